The van der Waals surface area contributed by atoms with Crippen molar-refractivity contribution in [1.29, 1.82) is 0 Å². The first-order valence-electron chi connectivity index (χ1n) is 16.2. The van der Waals surface area contributed by atoms with E-state index in [2.05, 4.69) is 27.9 Å². The lowest BCUT2D eigenvalue weighted by Crippen LogP contribution is -2.43. The summed E-state index contributed by atoms with van der Waals surface area (Å²) < 4.78 is 11.3. The number of ether oxygens (including phenoxy) is 2. The molecule has 3 aromatic rings. The normalized spacial score (nSPS) is 19.4. The Morgan fingerprint density at radius 3 is 2.15 bits per heavy atom. The van der Waals surface area contributed by atoms with E-state index in [9.17, 15) is 9.59 Å². The van der Waals surface area contributed by atoms with Crippen LogP contribution < -0.4 is 0 Å². The van der Waals surface area contributed by atoms with Gasteiger partial charge in [0.25, 0.3) is 0 Å². The third-order valence-corrected chi connectivity index (χ3v) is 8.36. The molecule has 6 rings (SSSR count). The number of nitrogens with zero attached hydrogens (tertiary/aromatic N) is 4. The van der Waals surface area contributed by atoms with Gasteiger partial charge in [-0.15, -0.1) is 0 Å². The standard InChI is InChI=1S/C37H43N5O4/c1-36(2,3)45-34(43)41-18-8-12-30(41)29-22-26-17-16-25(21-28(26)40-29)15-14-24-10-7-11-27(20-24)32-33(39-23-38-32)31-13-9-19-42(31)35(44)46-37(4,5)6/h7,10-11,16-17,20-21,23,30-31H,8-9,12-13,18-19,22H2,1-6H3,(H,38,39)/t30-,31-/m0/s1. The highest BCUT2D eigenvalue weighted by molar-refractivity contribution is 5.99. The Bertz CT molecular complexity index is 1730. The molecule has 0 saturated carbocycles. The van der Waals surface area contributed by atoms with Crippen LogP contribution in [0.15, 0.2) is 53.8 Å². The summed E-state index contributed by atoms with van der Waals surface area (Å²) in [5.74, 6) is 6.63. The highest BCUT2D eigenvalue weighted by atomic mass is 16.6. The summed E-state index contributed by atoms with van der Waals surface area (Å²) in [6, 6.07) is 14.0. The van der Waals surface area contributed by atoms with E-state index in [0.29, 0.717) is 13.1 Å². The number of hydrogen-bond donors (Lipinski definition) is 1. The lowest BCUT2D eigenvalue weighted by molar-refractivity contribution is 0.0219. The van der Waals surface area contributed by atoms with Crippen molar-refractivity contribution in [2.75, 3.05) is 13.1 Å². The molecular weight excluding hydrogens is 578 g/mol. The molecule has 4 heterocycles. The summed E-state index contributed by atoms with van der Waals surface area (Å²) in [4.78, 5) is 42.3. The Hall–Kier alpha value is -4.58. The molecule has 0 spiro atoms. The molecule has 3 aliphatic heterocycles. The van der Waals surface area contributed by atoms with E-state index in [4.69, 9.17) is 14.5 Å². The average molecular weight is 622 g/mol. The summed E-state index contributed by atoms with van der Waals surface area (Å²) in [5, 5.41) is 0. The van der Waals surface area contributed by atoms with Gasteiger partial charge in [0.05, 0.1) is 35.5 Å². The second-order valence-electron chi connectivity index (χ2n) is 14.3. The van der Waals surface area contributed by atoms with Crippen LogP contribution >= 0.6 is 0 Å². The highest BCUT2D eigenvalue weighted by Gasteiger charge is 2.37. The van der Waals surface area contributed by atoms with Gasteiger partial charge in [-0.05, 0) is 97.1 Å². The molecule has 2 aromatic carbocycles. The second-order valence-corrected chi connectivity index (χ2v) is 14.3. The van der Waals surface area contributed by atoms with E-state index >= 15 is 0 Å². The van der Waals surface area contributed by atoms with Crippen molar-refractivity contribution in [2.24, 2.45) is 4.99 Å². The van der Waals surface area contributed by atoms with Crippen LogP contribution in [0, 0.1) is 11.8 Å². The molecule has 2 atom stereocenters. The first-order valence-corrected chi connectivity index (χ1v) is 16.2. The second kappa shape index (κ2) is 12.3. The molecule has 2 saturated heterocycles. The monoisotopic (exact) mass is 621 g/mol. The SMILES string of the molecule is CC(C)(C)OC(=O)N1CCC[C@H]1C1=Nc2cc(C#Cc3cccc(-c4nc[nH]c4[C@@H]4CCCN4C(=O)OC(C)(C)C)c3)ccc2C1. The lowest BCUT2D eigenvalue weighted by atomic mass is 10.0. The number of carbonyl (C=O) groups is 2. The molecule has 9 heteroatoms. The number of nitrogens with one attached hydrogen (secondary N) is 1. The lowest BCUT2D eigenvalue weighted by Gasteiger charge is -2.28. The topological polar surface area (TPSA) is 100 Å². The van der Waals surface area contributed by atoms with Crippen molar-refractivity contribution < 1.29 is 19.1 Å². The summed E-state index contributed by atoms with van der Waals surface area (Å²) in [6.45, 7) is 12.7. The number of fused-ring (bicyclic) bond motifs is 1. The van der Waals surface area contributed by atoms with Crippen molar-refractivity contribution in [3.63, 3.8) is 0 Å². The minimum absolute atomic E-state index is 0.0353. The van der Waals surface area contributed by atoms with Gasteiger partial charge in [-0.3, -0.25) is 14.8 Å². The zero-order chi connectivity index (χ0) is 32.6. The van der Waals surface area contributed by atoms with Gasteiger partial charge in [0.1, 0.15) is 11.2 Å². The number of likely N-dealkylation sites (tertiary alicyclic amines) is 2. The molecule has 9 nitrogen and oxygen atoms in total. The molecule has 1 N–H and O–H groups in total. The highest BCUT2D eigenvalue weighted by Crippen LogP contribution is 2.37. The van der Waals surface area contributed by atoms with Crippen LogP contribution in [0.2, 0.25) is 0 Å². The summed E-state index contributed by atoms with van der Waals surface area (Å²) in [7, 11) is 0. The fourth-order valence-electron chi connectivity index (χ4n) is 6.41. The third kappa shape index (κ3) is 6.96. The van der Waals surface area contributed by atoms with E-state index in [1.54, 1.807) is 11.2 Å². The van der Waals surface area contributed by atoms with Gasteiger partial charge in [0.15, 0.2) is 0 Å². The minimum atomic E-state index is -0.555. The molecular formula is C37H43N5O4. The Morgan fingerprint density at radius 2 is 1.48 bits per heavy atom. The molecule has 0 radical (unpaired) electrons. The quantitative estimate of drug-likeness (QED) is 0.304. The van der Waals surface area contributed by atoms with Gasteiger partial charge in [0.2, 0.25) is 0 Å². The maximum atomic E-state index is 13.0. The number of H-pyrrole nitrogens is 1. The summed E-state index contributed by atoms with van der Waals surface area (Å²) in [5.41, 5.74) is 6.40. The molecule has 240 valence electrons. The van der Waals surface area contributed by atoms with Crippen LogP contribution in [0.5, 0.6) is 0 Å². The molecule has 1 aromatic heterocycles. The predicted molar refractivity (Wildman–Crippen MR) is 178 cm³/mol. The fraction of sp³-hybridized carbons (Fsp3) is 0.459. The third-order valence-electron chi connectivity index (χ3n) is 8.36. The van der Waals surface area contributed by atoms with E-state index in [0.717, 1.165) is 77.1 Å². The van der Waals surface area contributed by atoms with Crippen LogP contribution in [0.4, 0.5) is 15.3 Å². The first-order chi connectivity index (χ1) is 21.8. The van der Waals surface area contributed by atoms with Gasteiger partial charge in [-0.25, -0.2) is 14.6 Å². The summed E-state index contributed by atoms with van der Waals surface area (Å²) >= 11 is 0. The van der Waals surface area contributed by atoms with Crippen molar-refractivity contribution >= 4 is 23.6 Å². The van der Waals surface area contributed by atoms with Gasteiger partial charge in [-0.1, -0.05) is 30.0 Å². The van der Waals surface area contributed by atoms with Gasteiger partial charge in [0, 0.05) is 41.9 Å². The molecule has 3 aliphatic rings. The number of aromatic amines is 1. The summed E-state index contributed by atoms with van der Waals surface area (Å²) in [6.07, 6.45) is 5.43. The van der Waals surface area contributed by atoms with Crippen molar-refractivity contribution in [2.45, 2.75) is 96.9 Å². The van der Waals surface area contributed by atoms with Crippen LogP contribution in [-0.2, 0) is 15.9 Å². The van der Waals surface area contributed by atoms with Crippen molar-refractivity contribution in [1.82, 2.24) is 19.8 Å². The van der Waals surface area contributed by atoms with Crippen LogP contribution in [0.25, 0.3) is 11.3 Å². The number of aliphatic imine (C=N–C) groups is 1. The van der Waals surface area contributed by atoms with E-state index < -0.39 is 11.2 Å². The van der Waals surface area contributed by atoms with Gasteiger partial charge in [-0.2, -0.15) is 0 Å². The minimum Gasteiger partial charge on any atom is -0.444 e. The van der Waals surface area contributed by atoms with Crippen LogP contribution in [0.3, 0.4) is 0 Å². The fourth-order valence-corrected chi connectivity index (χ4v) is 6.41. The maximum Gasteiger partial charge on any atom is 0.410 e. The van der Waals surface area contributed by atoms with E-state index in [1.165, 1.54) is 0 Å². The number of rotatable bonds is 3. The number of carbonyl (C=O) groups excluding carboxylic acids is 2. The number of aromatic nitrogens is 2. The Morgan fingerprint density at radius 1 is 0.848 bits per heavy atom. The Balaban J connectivity index is 1.18. The van der Waals surface area contributed by atoms with E-state index in [-0.39, 0.29) is 24.3 Å². The Labute approximate surface area is 271 Å². The average Bonchev–Trinajstić information content (AvgIpc) is 3.79. The molecule has 0 unspecified atom stereocenters. The van der Waals surface area contributed by atoms with Gasteiger partial charge < -0.3 is 14.5 Å². The van der Waals surface area contributed by atoms with Crippen LogP contribution in [0.1, 0.15) is 95.7 Å². The zero-order valence-corrected chi connectivity index (χ0v) is 27.6. The first kappa shape index (κ1) is 31.4. The maximum absolute atomic E-state index is 13.0. The number of amides is 2. The molecule has 2 fully saturated rings. The predicted octanol–water partition coefficient (Wildman–Crippen LogP) is 7.58. The van der Waals surface area contributed by atoms with Crippen molar-refractivity contribution in [3.8, 4) is 23.1 Å². The zero-order valence-electron chi connectivity index (χ0n) is 27.6. The Kier molecular flexibility index (Phi) is 8.41. The number of hydrogen-bond acceptors (Lipinski definition) is 6. The smallest absolute Gasteiger partial charge is 0.410 e. The largest absolute Gasteiger partial charge is 0.444 e. The number of imidazole rings is 1. The number of benzene rings is 2. The molecule has 2 amide bonds. The van der Waals surface area contributed by atoms with Crippen LogP contribution in [-0.4, -0.2) is 68.0 Å². The van der Waals surface area contributed by atoms with Crippen molar-refractivity contribution in [3.05, 3.63) is 71.2 Å². The van der Waals surface area contributed by atoms with Gasteiger partial charge >= 0.3 is 12.2 Å². The molecule has 0 bridgehead atoms. The molecule has 0 aliphatic carbocycles. The molecule has 46 heavy (non-hydrogen) atoms. The van der Waals surface area contributed by atoms with E-state index in [1.807, 2.05) is 82.8 Å².